The highest BCUT2D eigenvalue weighted by atomic mass is 19.4. The number of amides is 2. The third kappa shape index (κ3) is 5.24. The Morgan fingerprint density at radius 2 is 1.43 bits per heavy atom. The molecular weight excluding hydrogens is 311 g/mol. The molecule has 2 rings (SSSR count). The number of anilines is 2. The Kier molecular flexibility index (Phi) is 4.71. The minimum atomic E-state index is -4.76. The first kappa shape index (κ1) is 16.2. The summed E-state index contributed by atoms with van der Waals surface area (Å²) in [6.07, 6.45) is -4.76. The number of alkyl halides is 3. The molecule has 0 aliphatic heterocycles. The summed E-state index contributed by atoms with van der Waals surface area (Å²) >= 11 is 0. The summed E-state index contributed by atoms with van der Waals surface area (Å²) in [5.41, 5.74) is 1.22. The summed E-state index contributed by atoms with van der Waals surface area (Å²) in [5, 5.41) is 13.6. The molecule has 0 spiro atoms. The second kappa shape index (κ2) is 6.70. The maximum absolute atomic E-state index is 12.0. The number of ether oxygens (including phenoxy) is 1. The average Bonchev–Trinajstić information content (AvgIpc) is 2.48. The van der Waals surface area contributed by atoms with Crippen LogP contribution in [0.25, 0.3) is 0 Å². The molecule has 5 nitrogen and oxygen atoms in total. The van der Waals surface area contributed by atoms with Crippen LogP contribution in [0, 0.1) is 11.3 Å². The molecule has 0 saturated carbocycles. The molecule has 0 heterocycles. The van der Waals surface area contributed by atoms with Gasteiger partial charge in [0.05, 0.1) is 11.6 Å². The van der Waals surface area contributed by atoms with E-state index in [4.69, 9.17) is 5.26 Å². The first-order valence-electron chi connectivity index (χ1n) is 6.30. The fraction of sp³-hybridized carbons (Fsp3) is 0.0667. The molecule has 0 aliphatic rings. The van der Waals surface area contributed by atoms with E-state index in [-0.39, 0.29) is 5.75 Å². The normalized spacial score (nSPS) is 10.5. The second-order valence-corrected chi connectivity index (χ2v) is 4.34. The Hall–Kier alpha value is -3.21. The van der Waals surface area contributed by atoms with E-state index in [1.54, 1.807) is 24.3 Å². The lowest BCUT2D eigenvalue weighted by molar-refractivity contribution is -0.274. The predicted molar refractivity (Wildman–Crippen MR) is 76.9 cm³/mol. The van der Waals surface area contributed by atoms with E-state index in [9.17, 15) is 18.0 Å². The van der Waals surface area contributed by atoms with Gasteiger partial charge >= 0.3 is 12.4 Å². The van der Waals surface area contributed by atoms with Crippen LogP contribution in [0.2, 0.25) is 0 Å². The first-order chi connectivity index (χ1) is 10.9. The average molecular weight is 321 g/mol. The SMILES string of the molecule is N#Cc1ccc(NC(=O)Nc2ccc(OC(F)(F)F)cc2)cc1. The van der Waals surface area contributed by atoms with Crippen molar-refractivity contribution in [1.82, 2.24) is 0 Å². The van der Waals surface area contributed by atoms with Crippen LogP contribution in [0.1, 0.15) is 5.56 Å². The number of carbonyl (C=O) groups excluding carboxylic acids is 1. The summed E-state index contributed by atoms with van der Waals surface area (Å²) < 4.78 is 39.8. The molecule has 0 fully saturated rings. The molecule has 2 N–H and O–H groups in total. The zero-order valence-corrected chi connectivity index (χ0v) is 11.5. The van der Waals surface area contributed by atoms with Crippen LogP contribution in [-0.2, 0) is 0 Å². The molecule has 2 amide bonds. The van der Waals surface area contributed by atoms with Crippen molar-refractivity contribution in [1.29, 1.82) is 5.26 Å². The van der Waals surface area contributed by atoms with Crippen LogP contribution in [0.15, 0.2) is 48.5 Å². The van der Waals surface area contributed by atoms with Crippen LogP contribution in [0.3, 0.4) is 0 Å². The molecule has 0 bridgehead atoms. The standard InChI is InChI=1S/C15H10F3N3O2/c16-15(17,18)23-13-7-5-12(6-8-13)21-14(22)20-11-3-1-10(9-19)2-4-11/h1-8H,(H2,20,21,22). The molecule has 23 heavy (non-hydrogen) atoms. The Morgan fingerprint density at radius 1 is 0.957 bits per heavy atom. The lowest BCUT2D eigenvalue weighted by atomic mass is 10.2. The van der Waals surface area contributed by atoms with Gasteiger partial charge in [-0.05, 0) is 48.5 Å². The number of hydrogen-bond acceptors (Lipinski definition) is 3. The first-order valence-corrected chi connectivity index (χ1v) is 6.30. The van der Waals surface area contributed by atoms with E-state index in [1.807, 2.05) is 6.07 Å². The lowest BCUT2D eigenvalue weighted by Crippen LogP contribution is -2.19. The van der Waals surface area contributed by atoms with Gasteiger partial charge < -0.3 is 15.4 Å². The molecule has 0 unspecified atom stereocenters. The molecule has 0 radical (unpaired) electrons. The fourth-order valence-corrected chi connectivity index (χ4v) is 1.66. The number of rotatable bonds is 3. The summed E-state index contributed by atoms with van der Waals surface area (Å²) in [6, 6.07) is 12.3. The molecular formula is C15H10F3N3O2. The Labute approximate surface area is 129 Å². The molecule has 0 aromatic heterocycles. The van der Waals surface area contributed by atoms with Crippen LogP contribution in [0.4, 0.5) is 29.3 Å². The molecule has 2 aromatic rings. The highest BCUT2D eigenvalue weighted by Gasteiger charge is 2.30. The number of nitrogens with one attached hydrogen (secondary N) is 2. The van der Waals surface area contributed by atoms with Gasteiger partial charge in [0.1, 0.15) is 5.75 Å². The lowest BCUT2D eigenvalue weighted by Gasteiger charge is -2.10. The fourth-order valence-electron chi connectivity index (χ4n) is 1.66. The van der Waals surface area contributed by atoms with E-state index in [0.29, 0.717) is 16.9 Å². The van der Waals surface area contributed by atoms with Crippen molar-refractivity contribution < 1.29 is 22.7 Å². The predicted octanol–water partition coefficient (Wildman–Crippen LogP) is 4.10. The van der Waals surface area contributed by atoms with Gasteiger partial charge in [-0.1, -0.05) is 0 Å². The molecule has 2 aromatic carbocycles. The molecule has 8 heteroatoms. The Balaban J connectivity index is 1.93. The molecule has 0 aliphatic carbocycles. The minimum absolute atomic E-state index is 0.297. The molecule has 0 saturated heterocycles. The van der Waals surface area contributed by atoms with Gasteiger partial charge in [0.25, 0.3) is 0 Å². The minimum Gasteiger partial charge on any atom is -0.406 e. The van der Waals surface area contributed by atoms with E-state index in [1.165, 1.54) is 12.1 Å². The van der Waals surface area contributed by atoms with Crippen LogP contribution < -0.4 is 15.4 Å². The Morgan fingerprint density at radius 3 is 1.87 bits per heavy atom. The number of urea groups is 1. The number of halogens is 3. The maximum atomic E-state index is 12.0. The van der Waals surface area contributed by atoms with Gasteiger partial charge in [0.15, 0.2) is 0 Å². The quantitative estimate of drug-likeness (QED) is 0.893. The van der Waals surface area contributed by atoms with E-state index in [0.717, 1.165) is 12.1 Å². The van der Waals surface area contributed by atoms with Crippen molar-refractivity contribution in [2.24, 2.45) is 0 Å². The second-order valence-electron chi connectivity index (χ2n) is 4.34. The number of nitrogens with zero attached hydrogens (tertiary/aromatic N) is 1. The number of hydrogen-bond donors (Lipinski definition) is 2. The summed E-state index contributed by atoms with van der Waals surface area (Å²) in [7, 11) is 0. The van der Waals surface area contributed by atoms with Crippen molar-refractivity contribution in [3.63, 3.8) is 0 Å². The van der Waals surface area contributed by atoms with Gasteiger partial charge in [-0.2, -0.15) is 5.26 Å². The van der Waals surface area contributed by atoms with Gasteiger partial charge in [-0.25, -0.2) is 4.79 Å². The van der Waals surface area contributed by atoms with Gasteiger partial charge in [-0.15, -0.1) is 13.2 Å². The molecule has 118 valence electrons. The zero-order valence-electron chi connectivity index (χ0n) is 11.5. The number of benzene rings is 2. The summed E-state index contributed by atoms with van der Waals surface area (Å²) in [5.74, 6) is -0.379. The maximum Gasteiger partial charge on any atom is 0.573 e. The highest BCUT2D eigenvalue weighted by molar-refractivity contribution is 5.99. The number of nitriles is 1. The van der Waals surface area contributed by atoms with Crippen LogP contribution in [0.5, 0.6) is 5.75 Å². The summed E-state index contributed by atoms with van der Waals surface area (Å²) in [6.45, 7) is 0. The molecule has 0 atom stereocenters. The third-order valence-electron chi connectivity index (χ3n) is 2.62. The number of carbonyl (C=O) groups is 1. The van der Waals surface area contributed by atoms with Gasteiger partial charge in [-0.3, -0.25) is 0 Å². The van der Waals surface area contributed by atoms with Crippen LogP contribution in [-0.4, -0.2) is 12.4 Å². The van der Waals surface area contributed by atoms with Crippen molar-refractivity contribution in [2.75, 3.05) is 10.6 Å². The highest BCUT2D eigenvalue weighted by Crippen LogP contribution is 2.24. The Bertz CT molecular complexity index is 720. The van der Waals surface area contributed by atoms with Gasteiger partial charge in [0.2, 0.25) is 0 Å². The van der Waals surface area contributed by atoms with E-state index >= 15 is 0 Å². The topological polar surface area (TPSA) is 74.2 Å². The van der Waals surface area contributed by atoms with Crippen molar-refractivity contribution >= 4 is 17.4 Å². The van der Waals surface area contributed by atoms with E-state index in [2.05, 4.69) is 15.4 Å². The zero-order chi connectivity index (χ0) is 16.9. The van der Waals surface area contributed by atoms with E-state index < -0.39 is 12.4 Å². The van der Waals surface area contributed by atoms with Crippen molar-refractivity contribution in [3.8, 4) is 11.8 Å². The van der Waals surface area contributed by atoms with Crippen molar-refractivity contribution in [3.05, 3.63) is 54.1 Å². The monoisotopic (exact) mass is 321 g/mol. The van der Waals surface area contributed by atoms with Crippen molar-refractivity contribution in [2.45, 2.75) is 6.36 Å². The van der Waals surface area contributed by atoms with Gasteiger partial charge in [0, 0.05) is 11.4 Å². The third-order valence-corrected chi connectivity index (χ3v) is 2.62. The van der Waals surface area contributed by atoms with Crippen LogP contribution >= 0.6 is 0 Å². The smallest absolute Gasteiger partial charge is 0.406 e. The summed E-state index contributed by atoms with van der Waals surface area (Å²) in [4.78, 5) is 11.8. The largest absolute Gasteiger partial charge is 0.573 e.